The molecule has 2 unspecified atom stereocenters. The molecule has 2 fully saturated rings. The quantitative estimate of drug-likeness (QED) is 0.828. The summed E-state index contributed by atoms with van der Waals surface area (Å²) in [6, 6.07) is 6.47. The van der Waals surface area contributed by atoms with Gasteiger partial charge in [0.1, 0.15) is 0 Å². The number of hydrogen-bond acceptors (Lipinski definition) is 3. The Morgan fingerprint density at radius 2 is 1.56 bits per heavy atom. The summed E-state index contributed by atoms with van der Waals surface area (Å²) in [5.41, 5.74) is 0.570. The molecule has 1 amide bonds. The maximum atomic E-state index is 12.8. The molecule has 2 saturated heterocycles. The van der Waals surface area contributed by atoms with E-state index in [0.29, 0.717) is 30.5 Å². The van der Waals surface area contributed by atoms with E-state index in [0.717, 1.165) is 38.8 Å². The number of carbonyl (C=O) groups is 1. The van der Waals surface area contributed by atoms with E-state index in [1.165, 1.54) is 0 Å². The van der Waals surface area contributed by atoms with Crippen LogP contribution in [-0.4, -0.2) is 49.7 Å². The van der Waals surface area contributed by atoms with Crippen LogP contribution in [0.1, 0.15) is 49.9 Å². The molecule has 2 aliphatic rings. The fourth-order valence-corrected chi connectivity index (χ4v) is 5.44. The predicted octanol–water partition coefficient (Wildman–Crippen LogP) is 2.98. The molecule has 0 saturated carbocycles. The summed E-state index contributed by atoms with van der Waals surface area (Å²) < 4.78 is 27.2. The lowest BCUT2D eigenvalue weighted by Crippen LogP contribution is -2.39. The van der Waals surface area contributed by atoms with Gasteiger partial charge >= 0.3 is 0 Å². The van der Waals surface area contributed by atoms with E-state index >= 15 is 0 Å². The predicted molar refractivity (Wildman–Crippen MR) is 97.9 cm³/mol. The third kappa shape index (κ3) is 4.06. The summed E-state index contributed by atoms with van der Waals surface area (Å²) in [5.74, 6) is 0.922. The van der Waals surface area contributed by atoms with Crippen molar-refractivity contribution in [1.29, 1.82) is 0 Å². The maximum Gasteiger partial charge on any atom is 0.253 e. The van der Waals surface area contributed by atoms with Crippen LogP contribution in [0.15, 0.2) is 29.2 Å². The van der Waals surface area contributed by atoms with Crippen molar-refractivity contribution in [3.63, 3.8) is 0 Å². The van der Waals surface area contributed by atoms with Crippen LogP contribution in [0.2, 0.25) is 0 Å². The van der Waals surface area contributed by atoms with Gasteiger partial charge < -0.3 is 4.90 Å². The summed E-state index contributed by atoms with van der Waals surface area (Å²) in [6.07, 6.45) is 4.18. The Hall–Kier alpha value is -1.40. The first-order valence-electron chi connectivity index (χ1n) is 9.27. The highest BCUT2D eigenvalue weighted by atomic mass is 32.2. The van der Waals surface area contributed by atoms with Gasteiger partial charge in [0.05, 0.1) is 4.90 Å². The molecular formula is C19H28N2O3S. The average molecular weight is 365 g/mol. The molecule has 0 radical (unpaired) electrons. The van der Waals surface area contributed by atoms with Gasteiger partial charge in [-0.3, -0.25) is 4.79 Å². The fraction of sp³-hybridized carbons (Fsp3) is 0.632. The van der Waals surface area contributed by atoms with Gasteiger partial charge in [0.2, 0.25) is 10.0 Å². The van der Waals surface area contributed by atoms with E-state index in [1.807, 2.05) is 4.90 Å². The van der Waals surface area contributed by atoms with Crippen LogP contribution < -0.4 is 0 Å². The summed E-state index contributed by atoms with van der Waals surface area (Å²) in [7, 11) is -3.46. The Kier molecular flexibility index (Phi) is 5.49. The lowest BCUT2D eigenvalue weighted by molar-refractivity contribution is 0.0683. The molecule has 1 aromatic rings. The molecule has 2 heterocycles. The van der Waals surface area contributed by atoms with Gasteiger partial charge in [-0.25, -0.2) is 8.42 Å². The molecule has 0 bridgehead atoms. The average Bonchev–Trinajstić information content (AvgIpc) is 2.61. The van der Waals surface area contributed by atoms with Crippen molar-refractivity contribution in [2.24, 2.45) is 11.8 Å². The Morgan fingerprint density at radius 1 is 0.960 bits per heavy atom. The third-order valence-electron chi connectivity index (χ3n) is 5.30. The van der Waals surface area contributed by atoms with Crippen LogP contribution in [0, 0.1) is 11.8 Å². The highest BCUT2D eigenvalue weighted by molar-refractivity contribution is 7.89. The topological polar surface area (TPSA) is 57.7 Å². The number of hydrogen-bond donors (Lipinski definition) is 0. The lowest BCUT2D eigenvalue weighted by Gasteiger charge is -2.31. The highest BCUT2D eigenvalue weighted by Crippen LogP contribution is 2.24. The molecule has 6 heteroatoms. The Bertz CT molecular complexity index is 715. The molecular weight excluding hydrogens is 336 g/mol. The van der Waals surface area contributed by atoms with Crippen molar-refractivity contribution in [2.75, 3.05) is 26.2 Å². The van der Waals surface area contributed by atoms with E-state index in [2.05, 4.69) is 13.8 Å². The van der Waals surface area contributed by atoms with Crippen LogP contribution in [0.4, 0.5) is 0 Å². The molecule has 0 spiro atoms. The van der Waals surface area contributed by atoms with Crippen LogP contribution in [0.5, 0.6) is 0 Å². The molecule has 3 rings (SSSR count). The zero-order chi connectivity index (χ0) is 18.0. The first kappa shape index (κ1) is 18.4. The van der Waals surface area contributed by atoms with Crippen molar-refractivity contribution in [1.82, 2.24) is 9.21 Å². The van der Waals surface area contributed by atoms with Gasteiger partial charge in [-0.15, -0.1) is 0 Å². The second kappa shape index (κ2) is 7.46. The van der Waals surface area contributed by atoms with E-state index in [4.69, 9.17) is 0 Å². The van der Waals surface area contributed by atoms with Crippen molar-refractivity contribution in [2.45, 2.75) is 44.4 Å². The second-order valence-electron chi connectivity index (χ2n) is 7.63. The Morgan fingerprint density at radius 3 is 2.16 bits per heavy atom. The van der Waals surface area contributed by atoms with Crippen LogP contribution in [0.3, 0.4) is 0 Å². The fourth-order valence-electron chi connectivity index (χ4n) is 3.84. The minimum absolute atomic E-state index is 0.00194. The molecule has 1 aromatic carbocycles. The van der Waals surface area contributed by atoms with Gasteiger partial charge in [0, 0.05) is 31.7 Å². The minimum Gasteiger partial charge on any atom is -0.338 e. The highest BCUT2D eigenvalue weighted by Gasteiger charge is 2.29. The van der Waals surface area contributed by atoms with Gasteiger partial charge in [-0.1, -0.05) is 13.8 Å². The van der Waals surface area contributed by atoms with Gasteiger partial charge in [-0.2, -0.15) is 4.31 Å². The van der Waals surface area contributed by atoms with Crippen LogP contribution >= 0.6 is 0 Å². The Labute approximate surface area is 151 Å². The number of sulfonamides is 1. The van der Waals surface area contributed by atoms with E-state index < -0.39 is 10.0 Å². The molecule has 0 aliphatic carbocycles. The number of nitrogens with zero attached hydrogens (tertiary/aromatic N) is 2. The largest absolute Gasteiger partial charge is 0.338 e. The molecule has 5 nitrogen and oxygen atoms in total. The maximum absolute atomic E-state index is 12.8. The molecule has 0 N–H and O–H groups in total. The molecule has 2 aliphatic heterocycles. The van der Waals surface area contributed by atoms with E-state index in [9.17, 15) is 13.2 Å². The third-order valence-corrected chi connectivity index (χ3v) is 7.18. The molecule has 2 atom stereocenters. The SMILES string of the molecule is CC1CCCN(C(=O)c2ccc(S(=O)(=O)N3CCCC(C)C3)cc2)C1. The van der Waals surface area contributed by atoms with Gasteiger partial charge in [0.15, 0.2) is 0 Å². The Balaban J connectivity index is 1.74. The molecule has 25 heavy (non-hydrogen) atoms. The molecule has 0 aromatic heterocycles. The zero-order valence-electron chi connectivity index (χ0n) is 15.1. The van der Waals surface area contributed by atoms with Crippen molar-refractivity contribution < 1.29 is 13.2 Å². The number of likely N-dealkylation sites (tertiary alicyclic amines) is 1. The van der Waals surface area contributed by atoms with Crippen LogP contribution in [-0.2, 0) is 10.0 Å². The van der Waals surface area contributed by atoms with Crippen molar-refractivity contribution >= 4 is 15.9 Å². The normalized spacial score (nSPS) is 25.8. The summed E-state index contributed by atoms with van der Waals surface area (Å²) in [6.45, 7) is 6.98. The van der Waals surface area contributed by atoms with Crippen LogP contribution in [0.25, 0.3) is 0 Å². The first-order chi connectivity index (χ1) is 11.9. The van der Waals surface area contributed by atoms with Gasteiger partial charge in [-0.05, 0) is 61.8 Å². The van der Waals surface area contributed by atoms with E-state index in [-0.39, 0.29) is 10.8 Å². The standard InChI is InChI=1S/C19H28N2O3S/c1-15-5-3-11-20(13-15)19(22)17-7-9-18(10-8-17)25(23,24)21-12-4-6-16(2)14-21/h7-10,15-16H,3-6,11-14H2,1-2H3. The smallest absolute Gasteiger partial charge is 0.253 e. The molecule has 138 valence electrons. The van der Waals surface area contributed by atoms with Crippen molar-refractivity contribution in [3.05, 3.63) is 29.8 Å². The first-order valence-corrected chi connectivity index (χ1v) is 10.7. The summed E-state index contributed by atoms with van der Waals surface area (Å²) >= 11 is 0. The number of benzene rings is 1. The van der Waals surface area contributed by atoms with E-state index in [1.54, 1.807) is 28.6 Å². The number of amides is 1. The second-order valence-corrected chi connectivity index (χ2v) is 9.57. The summed E-state index contributed by atoms with van der Waals surface area (Å²) in [4.78, 5) is 14.8. The van der Waals surface area contributed by atoms with Crippen molar-refractivity contribution in [3.8, 4) is 0 Å². The van der Waals surface area contributed by atoms with Gasteiger partial charge in [0.25, 0.3) is 5.91 Å². The number of rotatable bonds is 3. The number of piperidine rings is 2. The lowest BCUT2D eigenvalue weighted by atomic mass is 9.99. The zero-order valence-corrected chi connectivity index (χ0v) is 16.0. The summed E-state index contributed by atoms with van der Waals surface area (Å²) in [5, 5.41) is 0. The monoisotopic (exact) mass is 364 g/mol. The number of carbonyl (C=O) groups excluding carboxylic acids is 1. The minimum atomic E-state index is -3.46.